The van der Waals surface area contributed by atoms with Crippen LogP contribution in [0.5, 0.6) is 0 Å². The highest BCUT2D eigenvalue weighted by molar-refractivity contribution is 14.0. The van der Waals surface area contributed by atoms with Crippen LogP contribution in [-0.4, -0.2) is 47.5 Å². The molecule has 1 atom stereocenters. The normalized spacial score (nSPS) is 17.3. The van der Waals surface area contributed by atoms with Gasteiger partial charge in [0.15, 0.2) is 5.96 Å². The second kappa shape index (κ2) is 12.7. The minimum atomic E-state index is -0.227. The maximum absolute atomic E-state index is 11.7. The topological polar surface area (TPSA) is 92.7 Å². The molecular formula is C19H32IN5O2. The molecule has 1 amide bonds. The van der Waals surface area contributed by atoms with Crippen molar-refractivity contribution in [3.05, 3.63) is 34.7 Å². The number of carbonyl (C=O) groups excluding carboxylic acids is 1. The lowest BCUT2D eigenvalue weighted by atomic mass is 9.95. The molecule has 27 heavy (non-hydrogen) atoms. The zero-order valence-electron chi connectivity index (χ0n) is 16.1. The molecule has 7 nitrogen and oxygen atoms in total. The van der Waals surface area contributed by atoms with E-state index in [1.54, 1.807) is 16.7 Å². The summed E-state index contributed by atoms with van der Waals surface area (Å²) in [5.41, 5.74) is 5.39. The third-order valence-electron chi connectivity index (χ3n) is 4.61. The number of likely N-dealkylation sites (tertiary alicyclic amines) is 1. The van der Waals surface area contributed by atoms with Crippen LogP contribution in [0.25, 0.3) is 0 Å². The fourth-order valence-electron chi connectivity index (χ4n) is 3.36. The van der Waals surface area contributed by atoms with Gasteiger partial charge in [0.25, 0.3) is 0 Å². The number of nitrogens with zero attached hydrogens (tertiary/aromatic N) is 3. The highest BCUT2D eigenvalue weighted by atomic mass is 127. The molecule has 2 rings (SSSR count). The number of aliphatic imine (C=N–C) groups is 1. The first-order valence-electron chi connectivity index (χ1n) is 9.57. The van der Waals surface area contributed by atoms with E-state index in [0.717, 1.165) is 64.4 Å². The summed E-state index contributed by atoms with van der Waals surface area (Å²) >= 11 is 0. The van der Waals surface area contributed by atoms with Gasteiger partial charge >= 0.3 is 0 Å². The summed E-state index contributed by atoms with van der Waals surface area (Å²) in [5, 5.41) is 3.35. The summed E-state index contributed by atoms with van der Waals surface area (Å²) in [6, 6.07) is 5.22. The van der Waals surface area contributed by atoms with Gasteiger partial charge in [0.1, 0.15) is 0 Å². The number of halogens is 1. The van der Waals surface area contributed by atoms with E-state index in [-0.39, 0.29) is 35.4 Å². The Morgan fingerprint density at radius 3 is 2.89 bits per heavy atom. The van der Waals surface area contributed by atoms with Crippen LogP contribution in [0.2, 0.25) is 0 Å². The van der Waals surface area contributed by atoms with Crippen LogP contribution in [0.4, 0.5) is 0 Å². The largest absolute Gasteiger partial charge is 0.370 e. The molecule has 1 unspecified atom stereocenters. The van der Waals surface area contributed by atoms with Gasteiger partial charge in [0.2, 0.25) is 11.5 Å². The van der Waals surface area contributed by atoms with Gasteiger partial charge in [-0.2, -0.15) is 0 Å². The van der Waals surface area contributed by atoms with Crippen molar-refractivity contribution in [2.45, 2.75) is 45.6 Å². The van der Waals surface area contributed by atoms with Crippen molar-refractivity contribution in [1.82, 2.24) is 14.8 Å². The lowest BCUT2D eigenvalue weighted by Crippen LogP contribution is -2.47. The highest BCUT2D eigenvalue weighted by Gasteiger charge is 2.23. The summed E-state index contributed by atoms with van der Waals surface area (Å²) in [6.45, 7) is 6.10. The van der Waals surface area contributed by atoms with Crippen LogP contribution in [0.3, 0.4) is 0 Å². The molecule has 1 saturated heterocycles. The average Bonchev–Trinajstić information content (AvgIpc) is 2.61. The van der Waals surface area contributed by atoms with Crippen molar-refractivity contribution < 1.29 is 4.79 Å². The molecule has 8 heteroatoms. The minimum Gasteiger partial charge on any atom is -0.370 e. The second-order valence-electron chi connectivity index (χ2n) is 6.80. The summed E-state index contributed by atoms with van der Waals surface area (Å²) in [6.07, 6.45) is 6.21. The molecule has 1 aromatic rings. The molecule has 0 radical (unpaired) electrons. The first kappa shape index (κ1) is 23.5. The van der Waals surface area contributed by atoms with Crippen LogP contribution in [0.15, 0.2) is 34.2 Å². The summed E-state index contributed by atoms with van der Waals surface area (Å²) in [4.78, 5) is 29.8. The summed E-state index contributed by atoms with van der Waals surface area (Å²) < 4.78 is 1.73. The van der Waals surface area contributed by atoms with Crippen LogP contribution in [0, 0.1) is 5.92 Å². The predicted molar refractivity (Wildman–Crippen MR) is 119 cm³/mol. The van der Waals surface area contributed by atoms with Crippen LogP contribution in [-0.2, 0) is 11.3 Å². The number of unbranched alkanes of at least 4 members (excludes halogenated alkanes) is 1. The van der Waals surface area contributed by atoms with E-state index in [2.05, 4.69) is 17.1 Å². The molecule has 1 aromatic heterocycles. The summed E-state index contributed by atoms with van der Waals surface area (Å²) in [7, 11) is 0. The Morgan fingerprint density at radius 1 is 1.37 bits per heavy atom. The number of nitrogens with two attached hydrogens (primary N) is 1. The van der Waals surface area contributed by atoms with Crippen molar-refractivity contribution in [3.8, 4) is 0 Å². The molecule has 0 saturated carbocycles. The Morgan fingerprint density at radius 2 is 2.19 bits per heavy atom. The van der Waals surface area contributed by atoms with Crippen molar-refractivity contribution in [2.24, 2.45) is 16.6 Å². The first-order chi connectivity index (χ1) is 12.6. The number of primary amides is 1. The van der Waals surface area contributed by atoms with E-state index in [4.69, 9.17) is 10.7 Å². The fraction of sp³-hybridized carbons (Fsp3) is 0.632. The molecule has 0 bridgehead atoms. The number of aromatic nitrogens is 1. The minimum absolute atomic E-state index is 0. The lowest BCUT2D eigenvalue weighted by molar-refractivity contribution is -0.119. The molecular weight excluding hydrogens is 457 g/mol. The zero-order chi connectivity index (χ0) is 18.8. The van der Waals surface area contributed by atoms with Crippen LogP contribution < -0.4 is 16.6 Å². The number of rotatable bonds is 8. The standard InChI is InChI=1S/C19H31N5O2.HI/c1-2-21-19(24-13-7-8-16(15-24)14-17(20)25)22-10-4-6-12-23-11-5-3-9-18(23)26;/h3,5,9,11,16H,2,4,6-8,10,12-15H2,1H3,(H2,20,25)(H,21,22);1H. The molecule has 0 aliphatic carbocycles. The Labute approximate surface area is 178 Å². The van der Waals surface area contributed by atoms with E-state index in [1.165, 1.54) is 0 Å². The zero-order valence-corrected chi connectivity index (χ0v) is 18.4. The molecule has 3 N–H and O–H groups in total. The molecule has 0 spiro atoms. The Hall–Kier alpha value is -1.58. The number of hydrogen-bond acceptors (Lipinski definition) is 3. The highest BCUT2D eigenvalue weighted by Crippen LogP contribution is 2.19. The maximum Gasteiger partial charge on any atom is 0.250 e. The maximum atomic E-state index is 11.7. The fourth-order valence-corrected chi connectivity index (χ4v) is 3.36. The van der Waals surface area contributed by atoms with Gasteiger partial charge < -0.3 is 20.5 Å². The van der Waals surface area contributed by atoms with Gasteiger partial charge in [0, 0.05) is 51.4 Å². The molecule has 0 aromatic carbocycles. The van der Waals surface area contributed by atoms with Gasteiger partial charge in [-0.15, -0.1) is 24.0 Å². The first-order valence-corrected chi connectivity index (χ1v) is 9.57. The van der Waals surface area contributed by atoms with E-state index in [9.17, 15) is 9.59 Å². The van der Waals surface area contributed by atoms with E-state index >= 15 is 0 Å². The number of amides is 1. The van der Waals surface area contributed by atoms with Crippen LogP contribution in [0.1, 0.15) is 39.0 Å². The lowest BCUT2D eigenvalue weighted by Gasteiger charge is -2.34. The SMILES string of the molecule is CCNC(=NCCCCn1ccccc1=O)N1CCCC(CC(N)=O)C1.I. The molecule has 1 aliphatic heterocycles. The number of guanidine groups is 1. The monoisotopic (exact) mass is 489 g/mol. The number of hydrogen-bond donors (Lipinski definition) is 2. The Kier molecular flexibility index (Phi) is 11.1. The number of carbonyl (C=O) groups is 1. The smallest absolute Gasteiger partial charge is 0.250 e. The molecule has 2 heterocycles. The van der Waals surface area contributed by atoms with Gasteiger partial charge in [-0.1, -0.05) is 6.07 Å². The predicted octanol–water partition coefficient (Wildman–Crippen LogP) is 1.80. The number of pyridine rings is 1. The summed E-state index contributed by atoms with van der Waals surface area (Å²) in [5.74, 6) is 1.00. The number of nitrogens with one attached hydrogen (secondary N) is 1. The Balaban J connectivity index is 0.00000364. The molecule has 1 aliphatic rings. The van der Waals surface area contributed by atoms with Gasteiger partial charge in [0.05, 0.1) is 0 Å². The third kappa shape index (κ3) is 8.32. The average molecular weight is 489 g/mol. The number of aryl methyl sites for hydroxylation is 1. The second-order valence-corrected chi connectivity index (χ2v) is 6.80. The van der Waals surface area contributed by atoms with E-state index in [1.807, 2.05) is 12.3 Å². The van der Waals surface area contributed by atoms with Crippen LogP contribution >= 0.6 is 24.0 Å². The van der Waals surface area contributed by atoms with Crippen molar-refractivity contribution in [1.29, 1.82) is 0 Å². The quantitative estimate of drug-likeness (QED) is 0.252. The van der Waals surface area contributed by atoms with Gasteiger partial charge in [-0.05, 0) is 44.6 Å². The van der Waals surface area contributed by atoms with E-state index in [0.29, 0.717) is 12.3 Å². The number of piperidine rings is 1. The van der Waals surface area contributed by atoms with Crippen molar-refractivity contribution >= 4 is 35.8 Å². The van der Waals surface area contributed by atoms with Gasteiger partial charge in [-0.25, -0.2) is 0 Å². The van der Waals surface area contributed by atoms with Gasteiger partial charge in [-0.3, -0.25) is 14.6 Å². The van der Waals surface area contributed by atoms with Crippen molar-refractivity contribution in [3.63, 3.8) is 0 Å². The van der Waals surface area contributed by atoms with E-state index < -0.39 is 0 Å². The third-order valence-corrected chi connectivity index (χ3v) is 4.61. The van der Waals surface area contributed by atoms with Crippen molar-refractivity contribution in [2.75, 3.05) is 26.2 Å². The molecule has 152 valence electrons. The Bertz CT molecular complexity index is 662. The molecule has 1 fully saturated rings.